The quantitative estimate of drug-likeness (QED) is 0.708. The van der Waals surface area contributed by atoms with E-state index in [1.165, 1.54) is 0 Å². The molecule has 1 aliphatic heterocycles. The predicted octanol–water partition coefficient (Wildman–Crippen LogP) is 1.18. The molecule has 0 spiro atoms. The van der Waals surface area contributed by atoms with Gasteiger partial charge in [0, 0.05) is 12.1 Å². The molecule has 1 aromatic rings. The molecule has 0 bridgehead atoms. The highest BCUT2D eigenvalue weighted by molar-refractivity contribution is 6.31. The number of nitrogens with zero attached hydrogens (tertiary/aromatic N) is 1. The molecule has 0 saturated carbocycles. The van der Waals surface area contributed by atoms with Crippen LogP contribution in [0.3, 0.4) is 0 Å². The van der Waals surface area contributed by atoms with E-state index < -0.39 is 6.04 Å². The predicted molar refractivity (Wildman–Crippen MR) is 54.9 cm³/mol. The van der Waals surface area contributed by atoms with E-state index >= 15 is 0 Å². The zero-order valence-electron chi connectivity index (χ0n) is 7.77. The van der Waals surface area contributed by atoms with Crippen LogP contribution < -0.4 is 5.73 Å². The summed E-state index contributed by atoms with van der Waals surface area (Å²) in [6.45, 7) is 0. The topological polar surface area (TPSA) is 46.3 Å². The lowest BCUT2D eigenvalue weighted by atomic mass is 9.90. The second kappa shape index (κ2) is 3.26. The minimum Gasteiger partial charge on any atom is -0.335 e. The maximum Gasteiger partial charge on any atom is 0.242 e. The van der Waals surface area contributed by atoms with E-state index in [4.69, 9.17) is 17.3 Å². The number of likely N-dealkylation sites (tertiary alicyclic amines) is 1. The summed E-state index contributed by atoms with van der Waals surface area (Å²) < 4.78 is 0. The van der Waals surface area contributed by atoms with Crippen molar-refractivity contribution in [2.75, 3.05) is 7.05 Å². The smallest absolute Gasteiger partial charge is 0.242 e. The molecule has 2 unspecified atom stereocenters. The van der Waals surface area contributed by atoms with E-state index in [-0.39, 0.29) is 11.9 Å². The van der Waals surface area contributed by atoms with Gasteiger partial charge in [-0.3, -0.25) is 4.79 Å². The van der Waals surface area contributed by atoms with Crippen LogP contribution in [0.25, 0.3) is 0 Å². The summed E-state index contributed by atoms with van der Waals surface area (Å²) in [6.07, 6.45) is 0. The first kappa shape index (κ1) is 9.49. The minimum atomic E-state index is -0.445. The molecule has 1 heterocycles. The van der Waals surface area contributed by atoms with Crippen molar-refractivity contribution in [1.82, 2.24) is 4.90 Å². The lowest BCUT2D eigenvalue weighted by Crippen LogP contribution is -2.61. The van der Waals surface area contributed by atoms with Crippen molar-refractivity contribution in [2.24, 2.45) is 5.73 Å². The summed E-state index contributed by atoms with van der Waals surface area (Å²) in [7, 11) is 1.74. The monoisotopic (exact) mass is 210 g/mol. The van der Waals surface area contributed by atoms with Crippen LogP contribution in [0.4, 0.5) is 0 Å². The molecule has 0 radical (unpaired) electrons. The first-order chi connectivity index (χ1) is 6.63. The van der Waals surface area contributed by atoms with Crippen molar-refractivity contribution in [3.05, 3.63) is 34.9 Å². The Bertz CT molecular complexity index is 368. The van der Waals surface area contributed by atoms with Crippen molar-refractivity contribution < 1.29 is 4.79 Å². The van der Waals surface area contributed by atoms with Crippen molar-refractivity contribution in [3.8, 4) is 0 Å². The molecule has 74 valence electrons. The number of hydrogen-bond acceptors (Lipinski definition) is 2. The normalized spacial score (nSPS) is 26.2. The van der Waals surface area contributed by atoms with Crippen molar-refractivity contribution in [1.29, 1.82) is 0 Å². The third kappa shape index (κ3) is 1.21. The molecule has 1 fully saturated rings. The number of carbonyl (C=O) groups is 1. The molecule has 2 N–H and O–H groups in total. The summed E-state index contributed by atoms with van der Waals surface area (Å²) in [4.78, 5) is 12.8. The molecule has 14 heavy (non-hydrogen) atoms. The van der Waals surface area contributed by atoms with Gasteiger partial charge in [-0.1, -0.05) is 29.8 Å². The Morgan fingerprint density at radius 2 is 2.07 bits per heavy atom. The molecule has 4 heteroatoms. The van der Waals surface area contributed by atoms with Crippen LogP contribution in [-0.4, -0.2) is 23.9 Å². The molecule has 1 amide bonds. The third-order valence-corrected chi connectivity index (χ3v) is 2.96. The third-order valence-electron chi connectivity index (χ3n) is 2.61. The van der Waals surface area contributed by atoms with Gasteiger partial charge in [-0.05, 0) is 11.6 Å². The van der Waals surface area contributed by atoms with E-state index in [1.54, 1.807) is 18.0 Å². The SMILES string of the molecule is CN1C(=O)C(N)C1c1ccccc1Cl. The van der Waals surface area contributed by atoms with Crippen molar-refractivity contribution >= 4 is 17.5 Å². The van der Waals surface area contributed by atoms with Gasteiger partial charge in [0.25, 0.3) is 0 Å². The van der Waals surface area contributed by atoms with Gasteiger partial charge in [-0.2, -0.15) is 0 Å². The lowest BCUT2D eigenvalue weighted by molar-refractivity contribution is -0.146. The number of likely N-dealkylation sites (N-methyl/N-ethyl adjacent to an activating group) is 1. The van der Waals surface area contributed by atoms with Crippen LogP contribution in [-0.2, 0) is 4.79 Å². The van der Waals surface area contributed by atoms with Crippen molar-refractivity contribution in [2.45, 2.75) is 12.1 Å². The summed E-state index contributed by atoms with van der Waals surface area (Å²) in [6, 6.07) is 6.94. The van der Waals surface area contributed by atoms with E-state index in [9.17, 15) is 4.79 Å². The first-order valence-corrected chi connectivity index (χ1v) is 4.77. The van der Waals surface area contributed by atoms with E-state index in [0.29, 0.717) is 5.02 Å². The fraction of sp³-hybridized carbons (Fsp3) is 0.300. The minimum absolute atomic E-state index is 0.0325. The Labute approximate surface area is 87.4 Å². The van der Waals surface area contributed by atoms with Gasteiger partial charge < -0.3 is 10.6 Å². The highest BCUT2D eigenvalue weighted by Gasteiger charge is 2.43. The zero-order chi connectivity index (χ0) is 10.3. The Morgan fingerprint density at radius 3 is 2.64 bits per heavy atom. The standard InChI is InChI=1S/C10H11ClN2O/c1-13-9(8(12)10(13)14)6-4-2-3-5-7(6)11/h2-5,8-9H,12H2,1H3. The van der Waals surface area contributed by atoms with Crippen LogP contribution in [0, 0.1) is 0 Å². The zero-order valence-corrected chi connectivity index (χ0v) is 8.53. The molecule has 3 nitrogen and oxygen atoms in total. The van der Waals surface area contributed by atoms with Gasteiger partial charge in [-0.15, -0.1) is 0 Å². The number of amides is 1. The summed E-state index contributed by atoms with van der Waals surface area (Å²) in [5.74, 6) is -0.0325. The molecule has 1 saturated heterocycles. The Morgan fingerprint density at radius 1 is 1.43 bits per heavy atom. The maximum atomic E-state index is 11.2. The second-order valence-electron chi connectivity index (χ2n) is 3.44. The Hall–Kier alpha value is -1.06. The number of nitrogens with two attached hydrogens (primary N) is 1. The van der Waals surface area contributed by atoms with Crippen LogP contribution in [0.1, 0.15) is 11.6 Å². The molecule has 2 rings (SSSR count). The van der Waals surface area contributed by atoms with Gasteiger partial charge in [0.2, 0.25) is 5.91 Å². The Kier molecular flexibility index (Phi) is 2.21. The largest absolute Gasteiger partial charge is 0.335 e. The van der Waals surface area contributed by atoms with Crippen LogP contribution >= 0.6 is 11.6 Å². The van der Waals surface area contributed by atoms with Crippen molar-refractivity contribution in [3.63, 3.8) is 0 Å². The Balaban J connectivity index is 2.33. The molecular formula is C10H11ClN2O. The van der Waals surface area contributed by atoms with E-state index in [1.807, 2.05) is 18.2 Å². The van der Waals surface area contributed by atoms with E-state index in [2.05, 4.69) is 0 Å². The first-order valence-electron chi connectivity index (χ1n) is 4.39. The fourth-order valence-electron chi connectivity index (χ4n) is 1.78. The highest BCUT2D eigenvalue weighted by Crippen LogP contribution is 2.35. The highest BCUT2D eigenvalue weighted by atomic mass is 35.5. The number of halogens is 1. The van der Waals surface area contributed by atoms with Gasteiger partial charge in [0.15, 0.2) is 0 Å². The number of rotatable bonds is 1. The number of benzene rings is 1. The molecule has 0 aromatic heterocycles. The summed E-state index contributed by atoms with van der Waals surface area (Å²) in [5.41, 5.74) is 6.63. The maximum absolute atomic E-state index is 11.2. The average molecular weight is 211 g/mol. The molecule has 1 aromatic carbocycles. The lowest BCUT2D eigenvalue weighted by Gasteiger charge is -2.43. The number of carbonyl (C=O) groups excluding carboxylic acids is 1. The van der Waals surface area contributed by atoms with Gasteiger partial charge in [0.05, 0.1) is 6.04 Å². The van der Waals surface area contributed by atoms with Crippen LogP contribution in [0.5, 0.6) is 0 Å². The van der Waals surface area contributed by atoms with Gasteiger partial charge in [-0.25, -0.2) is 0 Å². The van der Waals surface area contributed by atoms with Crippen LogP contribution in [0.15, 0.2) is 24.3 Å². The molecular weight excluding hydrogens is 200 g/mol. The van der Waals surface area contributed by atoms with Crippen LogP contribution in [0.2, 0.25) is 5.02 Å². The molecule has 2 atom stereocenters. The second-order valence-corrected chi connectivity index (χ2v) is 3.85. The number of hydrogen-bond donors (Lipinski definition) is 1. The van der Waals surface area contributed by atoms with E-state index in [0.717, 1.165) is 5.56 Å². The molecule has 1 aliphatic rings. The van der Waals surface area contributed by atoms with Gasteiger partial charge >= 0.3 is 0 Å². The fourth-order valence-corrected chi connectivity index (χ4v) is 2.03. The van der Waals surface area contributed by atoms with Gasteiger partial charge in [0.1, 0.15) is 6.04 Å². The molecule has 0 aliphatic carbocycles. The summed E-state index contributed by atoms with van der Waals surface area (Å²) >= 11 is 6.02. The number of β-lactam (4-membered cyclic amide) rings is 1. The average Bonchev–Trinajstić information content (AvgIpc) is 2.21. The summed E-state index contributed by atoms with van der Waals surface area (Å²) in [5, 5.41) is 0.660.